The van der Waals surface area contributed by atoms with Crippen molar-refractivity contribution >= 4 is 6.01 Å². The number of benzene rings is 1. The lowest BCUT2D eigenvalue weighted by Gasteiger charge is -2.09. The molecule has 108 valence electrons. The van der Waals surface area contributed by atoms with Crippen molar-refractivity contribution in [2.45, 2.75) is 40.0 Å². The minimum atomic E-state index is 0.114. The van der Waals surface area contributed by atoms with Gasteiger partial charge in [0.2, 0.25) is 5.89 Å². The van der Waals surface area contributed by atoms with Crippen LogP contribution < -0.4 is 5.32 Å². The molecule has 1 atom stereocenters. The topological polar surface area (TPSA) is 51.0 Å². The van der Waals surface area contributed by atoms with E-state index in [-0.39, 0.29) is 5.92 Å². The van der Waals surface area contributed by atoms with E-state index >= 15 is 0 Å². The minimum absolute atomic E-state index is 0.114. The summed E-state index contributed by atoms with van der Waals surface area (Å²) in [5.74, 6) is 1.44. The van der Waals surface area contributed by atoms with E-state index in [1.54, 1.807) is 0 Å². The summed E-state index contributed by atoms with van der Waals surface area (Å²) < 4.78 is 5.60. The first kappa shape index (κ1) is 14.6. The fraction of sp³-hybridized carbons (Fsp3) is 0.500. The van der Waals surface area contributed by atoms with E-state index < -0.39 is 0 Å². The highest BCUT2D eigenvalue weighted by atomic mass is 16.4. The molecule has 0 spiro atoms. The van der Waals surface area contributed by atoms with Crippen molar-refractivity contribution in [1.29, 1.82) is 0 Å². The molecule has 4 nitrogen and oxygen atoms in total. The number of hydrogen-bond donors (Lipinski definition) is 1. The van der Waals surface area contributed by atoms with E-state index in [1.165, 1.54) is 11.1 Å². The van der Waals surface area contributed by atoms with Gasteiger partial charge in [0.1, 0.15) is 0 Å². The Labute approximate surface area is 120 Å². The third-order valence-corrected chi connectivity index (χ3v) is 3.26. The summed E-state index contributed by atoms with van der Waals surface area (Å²) in [6.07, 6.45) is 1.11. The van der Waals surface area contributed by atoms with Crippen molar-refractivity contribution in [2.75, 3.05) is 11.9 Å². The summed E-state index contributed by atoms with van der Waals surface area (Å²) in [5, 5.41) is 11.1. The Morgan fingerprint density at radius 3 is 2.40 bits per heavy atom. The Kier molecular flexibility index (Phi) is 4.77. The summed E-state index contributed by atoms with van der Waals surface area (Å²) in [7, 11) is 0. The molecule has 20 heavy (non-hydrogen) atoms. The molecule has 4 heteroatoms. The largest absolute Gasteiger partial charge is 0.407 e. The van der Waals surface area contributed by atoms with E-state index in [0.717, 1.165) is 13.0 Å². The maximum absolute atomic E-state index is 5.60. The number of hydrogen-bond acceptors (Lipinski definition) is 4. The molecular formula is C16H23N3O. The zero-order chi connectivity index (χ0) is 14.5. The summed E-state index contributed by atoms with van der Waals surface area (Å²) >= 11 is 0. The van der Waals surface area contributed by atoms with Gasteiger partial charge in [-0.2, -0.15) is 0 Å². The molecule has 1 aromatic carbocycles. The molecular weight excluding hydrogens is 250 g/mol. The number of nitrogens with one attached hydrogen (secondary N) is 1. The molecule has 1 heterocycles. The van der Waals surface area contributed by atoms with Gasteiger partial charge < -0.3 is 9.73 Å². The summed E-state index contributed by atoms with van der Waals surface area (Å²) in [4.78, 5) is 0. The number of aromatic nitrogens is 2. The smallest absolute Gasteiger partial charge is 0.315 e. The molecule has 0 amide bonds. The maximum atomic E-state index is 5.60. The highest BCUT2D eigenvalue weighted by Crippen LogP contribution is 2.24. The van der Waals surface area contributed by atoms with Crippen molar-refractivity contribution < 1.29 is 4.42 Å². The van der Waals surface area contributed by atoms with Crippen LogP contribution in [0.1, 0.15) is 50.6 Å². The van der Waals surface area contributed by atoms with Crippen LogP contribution in [-0.2, 0) is 6.42 Å². The first-order chi connectivity index (χ1) is 9.60. The molecule has 0 aliphatic rings. The highest BCUT2D eigenvalue weighted by molar-refractivity contribution is 5.29. The molecule has 2 aromatic rings. The quantitative estimate of drug-likeness (QED) is 0.868. The zero-order valence-corrected chi connectivity index (χ0v) is 12.7. The maximum Gasteiger partial charge on any atom is 0.315 e. The van der Waals surface area contributed by atoms with Crippen LogP contribution >= 0.6 is 0 Å². The monoisotopic (exact) mass is 273 g/mol. The number of rotatable bonds is 6. The van der Waals surface area contributed by atoms with E-state index in [2.05, 4.69) is 60.6 Å². The van der Waals surface area contributed by atoms with Gasteiger partial charge in [-0.1, -0.05) is 43.2 Å². The molecule has 0 fully saturated rings. The number of nitrogens with zero attached hydrogens (tertiary/aromatic N) is 2. The molecule has 0 aliphatic heterocycles. The predicted molar refractivity (Wildman–Crippen MR) is 81.0 cm³/mol. The number of anilines is 1. The Morgan fingerprint density at radius 2 is 1.80 bits per heavy atom. The normalized spacial score (nSPS) is 12.7. The van der Waals surface area contributed by atoms with Gasteiger partial charge in [0.15, 0.2) is 0 Å². The van der Waals surface area contributed by atoms with Crippen LogP contribution in [0.2, 0.25) is 0 Å². The van der Waals surface area contributed by atoms with Crippen LogP contribution in [0.4, 0.5) is 6.01 Å². The van der Waals surface area contributed by atoms with Gasteiger partial charge in [-0.25, -0.2) is 0 Å². The standard InChI is InChI=1S/C16H23N3O/c1-5-17-16-19-18-15(20-16)12(4)14-8-6-13(7-9-14)10-11(2)3/h6-9,11-12H,5,10H2,1-4H3,(H,17,19). The van der Waals surface area contributed by atoms with Crippen LogP contribution in [0, 0.1) is 5.92 Å². The molecule has 0 saturated carbocycles. The third kappa shape index (κ3) is 3.59. The van der Waals surface area contributed by atoms with E-state index in [1.807, 2.05) is 6.92 Å². The van der Waals surface area contributed by atoms with Crippen LogP contribution in [0.15, 0.2) is 28.7 Å². The highest BCUT2D eigenvalue weighted by Gasteiger charge is 2.15. The fourth-order valence-electron chi connectivity index (χ4n) is 2.19. The zero-order valence-electron chi connectivity index (χ0n) is 12.7. The van der Waals surface area contributed by atoms with Gasteiger partial charge in [-0.3, -0.25) is 0 Å². The third-order valence-electron chi connectivity index (χ3n) is 3.26. The van der Waals surface area contributed by atoms with Gasteiger partial charge in [0, 0.05) is 6.54 Å². The Morgan fingerprint density at radius 1 is 1.10 bits per heavy atom. The molecule has 2 rings (SSSR count). The Bertz CT molecular complexity index is 531. The fourth-order valence-corrected chi connectivity index (χ4v) is 2.19. The lowest BCUT2D eigenvalue weighted by molar-refractivity contribution is 0.490. The van der Waals surface area contributed by atoms with Gasteiger partial charge in [0.25, 0.3) is 0 Å². The van der Waals surface area contributed by atoms with Crippen LogP contribution in [-0.4, -0.2) is 16.7 Å². The van der Waals surface area contributed by atoms with Gasteiger partial charge in [0.05, 0.1) is 5.92 Å². The Hall–Kier alpha value is -1.84. The van der Waals surface area contributed by atoms with Crippen molar-refractivity contribution in [1.82, 2.24) is 10.2 Å². The average molecular weight is 273 g/mol. The van der Waals surface area contributed by atoms with E-state index in [4.69, 9.17) is 4.42 Å². The van der Waals surface area contributed by atoms with Gasteiger partial charge >= 0.3 is 6.01 Å². The molecule has 1 aromatic heterocycles. The first-order valence-corrected chi connectivity index (χ1v) is 7.26. The van der Waals surface area contributed by atoms with Crippen LogP contribution in [0.5, 0.6) is 0 Å². The van der Waals surface area contributed by atoms with Crippen molar-refractivity contribution in [3.05, 3.63) is 41.3 Å². The van der Waals surface area contributed by atoms with Crippen molar-refractivity contribution in [3.63, 3.8) is 0 Å². The van der Waals surface area contributed by atoms with Crippen molar-refractivity contribution in [2.24, 2.45) is 5.92 Å². The van der Waals surface area contributed by atoms with Gasteiger partial charge in [-0.05, 0) is 37.3 Å². The average Bonchev–Trinajstić information content (AvgIpc) is 2.87. The Balaban J connectivity index is 2.09. The molecule has 0 saturated heterocycles. The second-order valence-corrected chi connectivity index (χ2v) is 5.54. The second kappa shape index (κ2) is 6.55. The van der Waals surface area contributed by atoms with Gasteiger partial charge in [-0.15, -0.1) is 5.10 Å². The van der Waals surface area contributed by atoms with Crippen molar-refractivity contribution in [3.8, 4) is 0 Å². The lowest BCUT2D eigenvalue weighted by atomic mass is 9.97. The first-order valence-electron chi connectivity index (χ1n) is 7.26. The van der Waals surface area contributed by atoms with Crippen LogP contribution in [0.25, 0.3) is 0 Å². The van der Waals surface area contributed by atoms with Crippen LogP contribution in [0.3, 0.4) is 0 Å². The molecule has 0 radical (unpaired) electrons. The SMILES string of the molecule is CCNc1nnc(C(C)c2ccc(CC(C)C)cc2)o1. The molecule has 1 unspecified atom stereocenters. The lowest BCUT2D eigenvalue weighted by Crippen LogP contribution is -1.98. The minimum Gasteiger partial charge on any atom is -0.407 e. The predicted octanol–water partition coefficient (Wildman–Crippen LogP) is 3.85. The molecule has 0 bridgehead atoms. The second-order valence-electron chi connectivity index (χ2n) is 5.54. The van der Waals surface area contributed by atoms with E-state index in [9.17, 15) is 0 Å². The summed E-state index contributed by atoms with van der Waals surface area (Å²) in [6, 6.07) is 9.17. The summed E-state index contributed by atoms with van der Waals surface area (Å²) in [5.41, 5.74) is 2.57. The van der Waals surface area contributed by atoms with E-state index in [0.29, 0.717) is 17.8 Å². The molecule has 1 N–H and O–H groups in total. The molecule has 0 aliphatic carbocycles. The summed E-state index contributed by atoms with van der Waals surface area (Å²) in [6.45, 7) is 9.33.